The molecule has 2 heterocycles. The molecule has 0 spiro atoms. The van der Waals surface area contributed by atoms with Crippen molar-refractivity contribution < 1.29 is 13.2 Å². The lowest BCUT2D eigenvalue weighted by atomic mass is 9.89. The van der Waals surface area contributed by atoms with E-state index in [1.807, 2.05) is 6.07 Å². The Morgan fingerprint density at radius 2 is 1.90 bits per heavy atom. The van der Waals surface area contributed by atoms with Gasteiger partial charge in [0.15, 0.2) is 0 Å². The Balaban J connectivity index is 1.27. The first-order valence-corrected chi connectivity index (χ1v) is 11.7. The van der Waals surface area contributed by atoms with E-state index >= 15 is 0 Å². The molecule has 4 N–H and O–H groups in total. The van der Waals surface area contributed by atoms with Crippen LogP contribution in [0, 0.1) is 0 Å². The number of piperidine rings is 1. The van der Waals surface area contributed by atoms with E-state index in [-0.39, 0.29) is 10.8 Å². The average Bonchev–Trinajstić information content (AvgIpc) is 3.16. The SMILES string of the molecule is NS(=O)(=O)c1cccc(NC(=O)CCN2CCC(c3c[nH]c4ccccc34)CC2)c1. The lowest BCUT2D eigenvalue weighted by Gasteiger charge is -2.31. The Labute approximate surface area is 176 Å². The molecule has 0 unspecified atom stereocenters. The van der Waals surface area contributed by atoms with Crippen LogP contribution in [0.15, 0.2) is 59.6 Å². The summed E-state index contributed by atoms with van der Waals surface area (Å²) in [6.45, 7) is 2.60. The molecule has 2 aromatic carbocycles. The van der Waals surface area contributed by atoms with Crippen LogP contribution in [0.1, 0.15) is 30.7 Å². The van der Waals surface area contributed by atoms with Crippen molar-refractivity contribution in [2.75, 3.05) is 25.0 Å². The summed E-state index contributed by atoms with van der Waals surface area (Å²) in [5, 5.41) is 9.20. The number of carbonyl (C=O) groups is 1. The number of nitrogens with zero attached hydrogens (tertiary/aromatic N) is 1. The first kappa shape index (κ1) is 20.6. The Bertz CT molecular complexity index is 1150. The van der Waals surface area contributed by atoms with Crippen molar-refractivity contribution in [1.29, 1.82) is 0 Å². The number of amides is 1. The van der Waals surface area contributed by atoms with Crippen LogP contribution in [0.2, 0.25) is 0 Å². The zero-order valence-electron chi connectivity index (χ0n) is 16.7. The largest absolute Gasteiger partial charge is 0.361 e. The first-order chi connectivity index (χ1) is 14.4. The smallest absolute Gasteiger partial charge is 0.238 e. The molecule has 0 bridgehead atoms. The van der Waals surface area contributed by atoms with E-state index in [9.17, 15) is 13.2 Å². The number of sulfonamides is 1. The summed E-state index contributed by atoms with van der Waals surface area (Å²) in [4.78, 5) is 17.9. The Kier molecular flexibility index (Phi) is 5.90. The topological polar surface area (TPSA) is 108 Å². The van der Waals surface area contributed by atoms with Crippen molar-refractivity contribution in [3.8, 4) is 0 Å². The molecule has 0 radical (unpaired) electrons. The zero-order chi connectivity index (χ0) is 21.1. The molecular weight excluding hydrogens is 400 g/mol. The van der Waals surface area contributed by atoms with E-state index in [1.165, 1.54) is 28.6 Å². The van der Waals surface area contributed by atoms with Crippen LogP contribution in [-0.4, -0.2) is 43.8 Å². The zero-order valence-corrected chi connectivity index (χ0v) is 17.5. The van der Waals surface area contributed by atoms with Crippen LogP contribution in [0.4, 0.5) is 5.69 Å². The molecule has 30 heavy (non-hydrogen) atoms. The van der Waals surface area contributed by atoms with Crippen LogP contribution in [0.5, 0.6) is 0 Å². The molecule has 7 nitrogen and oxygen atoms in total. The molecule has 0 saturated carbocycles. The lowest BCUT2D eigenvalue weighted by Crippen LogP contribution is -2.35. The van der Waals surface area contributed by atoms with Gasteiger partial charge in [0.25, 0.3) is 0 Å². The number of aromatic amines is 1. The number of primary sulfonamides is 1. The Morgan fingerprint density at radius 3 is 2.67 bits per heavy atom. The summed E-state index contributed by atoms with van der Waals surface area (Å²) in [5.74, 6) is 0.396. The fourth-order valence-electron chi connectivity index (χ4n) is 4.13. The summed E-state index contributed by atoms with van der Waals surface area (Å²) in [5.41, 5.74) is 3.00. The molecule has 0 atom stereocenters. The highest BCUT2D eigenvalue weighted by Gasteiger charge is 2.23. The van der Waals surface area contributed by atoms with Gasteiger partial charge in [-0.1, -0.05) is 24.3 Å². The number of nitrogens with one attached hydrogen (secondary N) is 2. The van der Waals surface area contributed by atoms with E-state index < -0.39 is 10.0 Å². The highest BCUT2D eigenvalue weighted by molar-refractivity contribution is 7.89. The predicted octanol–water partition coefficient (Wildman–Crippen LogP) is 3.02. The summed E-state index contributed by atoms with van der Waals surface area (Å²) in [7, 11) is -3.79. The predicted molar refractivity (Wildman–Crippen MR) is 118 cm³/mol. The number of anilines is 1. The van der Waals surface area contributed by atoms with Gasteiger partial charge in [-0.3, -0.25) is 4.79 Å². The van der Waals surface area contributed by atoms with Crippen molar-refractivity contribution >= 4 is 32.5 Å². The van der Waals surface area contributed by atoms with E-state index in [2.05, 4.69) is 39.6 Å². The maximum atomic E-state index is 12.3. The van der Waals surface area contributed by atoms with Crippen LogP contribution >= 0.6 is 0 Å². The van der Waals surface area contributed by atoms with Gasteiger partial charge in [-0.05, 0) is 61.7 Å². The van der Waals surface area contributed by atoms with E-state index in [0.29, 0.717) is 24.6 Å². The van der Waals surface area contributed by atoms with Crippen molar-refractivity contribution in [3.05, 3.63) is 60.3 Å². The van der Waals surface area contributed by atoms with E-state index in [4.69, 9.17) is 5.14 Å². The molecule has 1 amide bonds. The van der Waals surface area contributed by atoms with Crippen molar-refractivity contribution in [2.24, 2.45) is 5.14 Å². The summed E-state index contributed by atoms with van der Waals surface area (Å²) in [6.07, 6.45) is 4.63. The highest BCUT2D eigenvalue weighted by atomic mass is 32.2. The van der Waals surface area contributed by atoms with Gasteiger partial charge < -0.3 is 15.2 Å². The average molecular weight is 427 g/mol. The number of fused-ring (bicyclic) bond motifs is 1. The maximum Gasteiger partial charge on any atom is 0.238 e. The minimum Gasteiger partial charge on any atom is -0.361 e. The molecule has 8 heteroatoms. The summed E-state index contributed by atoms with van der Waals surface area (Å²) in [6, 6.07) is 14.4. The van der Waals surface area contributed by atoms with Crippen LogP contribution < -0.4 is 10.5 Å². The maximum absolute atomic E-state index is 12.3. The van der Waals surface area contributed by atoms with Crippen molar-refractivity contribution in [2.45, 2.75) is 30.1 Å². The lowest BCUT2D eigenvalue weighted by molar-refractivity contribution is -0.116. The number of carbonyl (C=O) groups excluding carboxylic acids is 1. The molecule has 0 aliphatic carbocycles. The molecule has 158 valence electrons. The number of hydrogen-bond donors (Lipinski definition) is 3. The quantitative estimate of drug-likeness (QED) is 0.563. The third-order valence-electron chi connectivity index (χ3n) is 5.75. The van der Waals surface area contributed by atoms with Gasteiger partial charge in [0, 0.05) is 35.8 Å². The van der Waals surface area contributed by atoms with Gasteiger partial charge in [-0.2, -0.15) is 0 Å². The normalized spacial score (nSPS) is 16.0. The summed E-state index contributed by atoms with van der Waals surface area (Å²) >= 11 is 0. The third kappa shape index (κ3) is 4.72. The number of likely N-dealkylation sites (tertiary alicyclic amines) is 1. The van der Waals surface area contributed by atoms with Crippen molar-refractivity contribution in [1.82, 2.24) is 9.88 Å². The number of nitrogens with two attached hydrogens (primary N) is 1. The van der Waals surface area contributed by atoms with E-state index in [0.717, 1.165) is 25.9 Å². The van der Waals surface area contributed by atoms with Gasteiger partial charge in [0.05, 0.1) is 4.90 Å². The second-order valence-corrected chi connectivity index (χ2v) is 9.34. The molecule has 3 aromatic rings. The number of rotatable bonds is 6. The third-order valence-corrected chi connectivity index (χ3v) is 6.66. The Morgan fingerprint density at radius 1 is 1.13 bits per heavy atom. The van der Waals surface area contributed by atoms with Gasteiger partial charge >= 0.3 is 0 Å². The second kappa shape index (κ2) is 8.59. The molecule has 1 aromatic heterocycles. The minimum absolute atomic E-state index is 0.0142. The molecule has 1 aliphatic heterocycles. The summed E-state index contributed by atoms with van der Waals surface area (Å²) < 4.78 is 22.9. The molecule has 1 saturated heterocycles. The minimum atomic E-state index is -3.79. The number of hydrogen-bond acceptors (Lipinski definition) is 4. The van der Waals surface area contributed by atoms with Crippen molar-refractivity contribution in [3.63, 3.8) is 0 Å². The molecule has 1 fully saturated rings. The number of para-hydroxylation sites is 1. The van der Waals surface area contributed by atoms with Gasteiger partial charge in [0.1, 0.15) is 0 Å². The number of benzene rings is 2. The standard InChI is InChI=1S/C22H26N4O3S/c23-30(28,29)18-5-3-4-17(14-18)25-22(27)10-13-26-11-8-16(9-12-26)20-15-24-21-7-2-1-6-19(20)21/h1-7,14-16,24H,8-13H2,(H,25,27)(H2,23,28,29). The van der Waals surface area contributed by atoms with Gasteiger partial charge in [0.2, 0.25) is 15.9 Å². The van der Waals surface area contributed by atoms with Crippen LogP contribution in [-0.2, 0) is 14.8 Å². The van der Waals surface area contributed by atoms with E-state index in [1.54, 1.807) is 12.1 Å². The fraction of sp³-hybridized carbons (Fsp3) is 0.318. The van der Waals surface area contributed by atoms with Crippen LogP contribution in [0.25, 0.3) is 10.9 Å². The molecular formula is C22H26N4O3S. The fourth-order valence-corrected chi connectivity index (χ4v) is 4.69. The molecule has 1 aliphatic rings. The van der Waals surface area contributed by atoms with Gasteiger partial charge in [-0.25, -0.2) is 13.6 Å². The highest BCUT2D eigenvalue weighted by Crippen LogP contribution is 2.33. The monoisotopic (exact) mass is 426 g/mol. The van der Waals surface area contributed by atoms with Gasteiger partial charge in [-0.15, -0.1) is 0 Å². The number of H-pyrrole nitrogens is 1. The Hall–Kier alpha value is -2.68. The number of aromatic nitrogens is 1. The first-order valence-electron chi connectivity index (χ1n) is 10.1. The second-order valence-electron chi connectivity index (χ2n) is 7.78. The molecule has 4 rings (SSSR count). The van der Waals surface area contributed by atoms with Crippen LogP contribution in [0.3, 0.4) is 0 Å².